The lowest BCUT2D eigenvalue weighted by atomic mass is 10.2. The molecule has 2 aromatic rings. The molecular weight excluding hydrogens is 421 g/mol. The van der Waals surface area contributed by atoms with Crippen molar-refractivity contribution in [2.75, 3.05) is 27.4 Å². The average Bonchev–Trinajstić information content (AvgIpc) is 2.58. The summed E-state index contributed by atoms with van der Waals surface area (Å²) < 4.78 is 16.9. The normalized spacial score (nSPS) is 10.2. The van der Waals surface area contributed by atoms with Crippen molar-refractivity contribution in [3.8, 4) is 17.2 Å². The molecule has 0 unspecified atom stereocenters. The maximum absolute atomic E-state index is 12.3. The Kier molecular flexibility index (Phi) is 6.72. The van der Waals surface area contributed by atoms with Crippen molar-refractivity contribution in [1.82, 2.24) is 5.32 Å². The van der Waals surface area contributed by atoms with Crippen LogP contribution in [0.15, 0.2) is 36.4 Å². The van der Waals surface area contributed by atoms with Crippen LogP contribution in [-0.2, 0) is 0 Å². The molecule has 6 heteroatoms. The molecule has 0 spiro atoms. The first-order chi connectivity index (χ1) is 11.5. The number of ether oxygens (including phenoxy) is 3. The highest BCUT2D eigenvalue weighted by Crippen LogP contribution is 2.31. The van der Waals surface area contributed by atoms with E-state index in [1.54, 1.807) is 26.4 Å². The quantitative estimate of drug-likeness (QED) is 0.529. The minimum absolute atomic E-state index is 0.173. The molecule has 0 bridgehead atoms. The summed E-state index contributed by atoms with van der Waals surface area (Å²) in [7, 11) is 3.11. The summed E-state index contributed by atoms with van der Waals surface area (Å²) in [4.78, 5) is 12.3. The minimum atomic E-state index is -0.173. The van der Waals surface area contributed by atoms with Crippen molar-refractivity contribution in [3.63, 3.8) is 0 Å². The lowest BCUT2D eigenvalue weighted by Gasteiger charge is -2.12. The molecule has 0 aliphatic heterocycles. The molecule has 5 nitrogen and oxygen atoms in total. The number of carbonyl (C=O) groups excluding carboxylic acids is 1. The summed E-state index contributed by atoms with van der Waals surface area (Å²) >= 11 is 2.10. The van der Waals surface area contributed by atoms with Gasteiger partial charge in [0.05, 0.1) is 26.3 Å². The van der Waals surface area contributed by atoms with Crippen LogP contribution in [0.3, 0.4) is 0 Å². The summed E-state index contributed by atoms with van der Waals surface area (Å²) in [5.74, 6) is 1.75. The second-order valence-corrected chi connectivity index (χ2v) is 6.27. The highest BCUT2D eigenvalue weighted by molar-refractivity contribution is 14.1. The largest absolute Gasteiger partial charge is 0.493 e. The lowest BCUT2D eigenvalue weighted by Crippen LogP contribution is -2.28. The van der Waals surface area contributed by atoms with E-state index in [0.717, 1.165) is 14.9 Å². The lowest BCUT2D eigenvalue weighted by molar-refractivity contribution is 0.0945. The first-order valence-corrected chi connectivity index (χ1v) is 8.52. The van der Waals surface area contributed by atoms with Gasteiger partial charge in [0.1, 0.15) is 12.4 Å². The van der Waals surface area contributed by atoms with Crippen LogP contribution in [0.5, 0.6) is 17.2 Å². The number of hydrogen-bond donors (Lipinski definition) is 1. The van der Waals surface area contributed by atoms with Crippen molar-refractivity contribution in [2.24, 2.45) is 0 Å². The molecule has 0 radical (unpaired) electrons. The third-order valence-corrected chi connectivity index (χ3v) is 4.26. The number of carbonyl (C=O) groups is 1. The van der Waals surface area contributed by atoms with E-state index in [1.807, 2.05) is 31.2 Å². The molecule has 0 aromatic heterocycles. The van der Waals surface area contributed by atoms with E-state index in [4.69, 9.17) is 14.2 Å². The van der Waals surface area contributed by atoms with Crippen LogP contribution in [0, 0.1) is 10.5 Å². The molecule has 0 heterocycles. The van der Waals surface area contributed by atoms with Gasteiger partial charge in [-0.15, -0.1) is 0 Å². The number of methoxy groups -OCH3 is 2. The summed E-state index contributed by atoms with van der Waals surface area (Å²) in [6, 6.07) is 11.3. The highest BCUT2D eigenvalue weighted by atomic mass is 127. The summed E-state index contributed by atoms with van der Waals surface area (Å²) in [6.45, 7) is 2.82. The van der Waals surface area contributed by atoms with E-state index in [9.17, 15) is 4.79 Å². The molecule has 0 saturated heterocycles. The van der Waals surface area contributed by atoms with E-state index in [-0.39, 0.29) is 5.91 Å². The fourth-order valence-electron chi connectivity index (χ4n) is 2.16. The zero-order valence-corrected chi connectivity index (χ0v) is 16.0. The molecule has 0 fully saturated rings. The number of hydrogen-bond acceptors (Lipinski definition) is 4. The van der Waals surface area contributed by atoms with Crippen LogP contribution in [0.25, 0.3) is 0 Å². The molecule has 0 aliphatic carbocycles. The van der Waals surface area contributed by atoms with Gasteiger partial charge in [-0.3, -0.25) is 4.79 Å². The van der Waals surface area contributed by atoms with Gasteiger partial charge >= 0.3 is 0 Å². The van der Waals surface area contributed by atoms with Crippen LogP contribution in [0.2, 0.25) is 0 Å². The van der Waals surface area contributed by atoms with Gasteiger partial charge in [0, 0.05) is 3.57 Å². The number of aryl methyl sites for hydroxylation is 1. The number of amides is 1. The zero-order valence-electron chi connectivity index (χ0n) is 13.9. The molecule has 128 valence electrons. The van der Waals surface area contributed by atoms with Gasteiger partial charge in [-0.2, -0.15) is 0 Å². The molecule has 0 saturated carbocycles. The van der Waals surface area contributed by atoms with Crippen molar-refractivity contribution >= 4 is 28.5 Å². The maximum atomic E-state index is 12.3. The second kappa shape index (κ2) is 8.77. The summed E-state index contributed by atoms with van der Waals surface area (Å²) in [5.41, 5.74) is 1.68. The Morgan fingerprint density at radius 3 is 2.50 bits per heavy atom. The van der Waals surface area contributed by atoms with Crippen LogP contribution in [-0.4, -0.2) is 33.3 Å². The van der Waals surface area contributed by atoms with Crippen molar-refractivity contribution in [2.45, 2.75) is 6.92 Å². The fourth-order valence-corrected chi connectivity index (χ4v) is 2.85. The number of halogens is 1. The minimum Gasteiger partial charge on any atom is -0.493 e. The number of rotatable bonds is 7. The Morgan fingerprint density at radius 2 is 1.83 bits per heavy atom. The summed E-state index contributed by atoms with van der Waals surface area (Å²) in [5, 5.41) is 2.85. The number of benzene rings is 2. The van der Waals surface area contributed by atoms with Crippen LogP contribution in [0.4, 0.5) is 0 Å². The van der Waals surface area contributed by atoms with E-state index in [0.29, 0.717) is 30.2 Å². The third kappa shape index (κ3) is 4.77. The van der Waals surface area contributed by atoms with Gasteiger partial charge in [-0.1, -0.05) is 12.1 Å². The highest BCUT2D eigenvalue weighted by Gasteiger charge is 2.15. The molecule has 24 heavy (non-hydrogen) atoms. The van der Waals surface area contributed by atoms with E-state index in [2.05, 4.69) is 27.9 Å². The summed E-state index contributed by atoms with van der Waals surface area (Å²) in [6.07, 6.45) is 0. The predicted octanol–water partition coefficient (Wildman–Crippen LogP) is 3.43. The Labute approximate surface area is 155 Å². The van der Waals surface area contributed by atoms with Gasteiger partial charge in [-0.25, -0.2) is 0 Å². The van der Waals surface area contributed by atoms with Gasteiger partial charge in [0.2, 0.25) is 0 Å². The molecule has 0 aliphatic rings. The Hall–Kier alpha value is -1.96. The van der Waals surface area contributed by atoms with Crippen LogP contribution >= 0.6 is 22.6 Å². The van der Waals surface area contributed by atoms with Crippen LogP contribution < -0.4 is 19.5 Å². The van der Waals surface area contributed by atoms with Gasteiger partial charge < -0.3 is 19.5 Å². The molecule has 1 N–H and O–H groups in total. The molecule has 1 amide bonds. The van der Waals surface area contributed by atoms with Crippen molar-refractivity contribution in [3.05, 3.63) is 51.1 Å². The predicted molar refractivity (Wildman–Crippen MR) is 101 cm³/mol. The van der Waals surface area contributed by atoms with E-state index < -0.39 is 0 Å². The molecular formula is C18H20INO4. The monoisotopic (exact) mass is 441 g/mol. The van der Waals surface area contributed by atoms with Gasteiger partial charge in [-0.05, 0) is 59.3 Å². The van der Waals surface area contributed by atoms with Gasteiger partial charge in [0.25, 0.3) is 5.91 Å². The average molecular weight is 441 g/mol. The third-order valence-electron chi connectivity index (χ3n) is 3.36. The van der Waals surface area contributed by atoms with Crippen molar-refractivity contribution < 1.29 is 19.0 Å². The van der Waals surface area contributed by atoms with E-state index in [1.165, 1.54) is 0 Å². The fraction of sp³-hybridized carbons (Fsp3) is 0.278. The van der Waals surface area contributed by atoms with Crippen molar-refractivity contribution in [1.29, 1.82) is 0 Å². The second-order valence-electron chi connectivity index (χ2n) is 5.11. The molecule has 0 atom stereocenters. The number of nitrogens with one attached hydrogen (secondary N) is 1. The van der Waals surface area contributed by atoms with Gasteiger partial charge in [0.15, 0.2) is 11.5 Å². The van der Waals surface area contributed by atoms with Crippen LogP contribution in [0.1, 0.15) is 15.9 Å². The topological polar surface area (TPSA) is 56.8 Å². The smallest absolute Gasteiger partial charge is 0.252 e. The Balaban J connectivity index is 1.93. The maximum Gasteiger partial charge on any atom is 0.252 e. The van der Waals surface area contributed by atoms with E-state index >= 15 is 0 Å². The SMILES string of the molecule is COc1cc(I)c(C(=O)NCCOc2cccc(C)c2)cc1OC. The Morgan fingerprint density at radius 1 is 1.12 bits per heavy atom. The standard InChI is InChI=1S/C18H20INO4/c1-12-5-4-6-13(9-12)24-8-7-20-18(21)14-10-16(22-2)17(23-3)11-15(14)19/h4-6,9-11H,7-8H2,1-3H3,(H,20,21). The molecule has 2 rings (SSSR count). The molecule has 2 aromatic carbocycles. The zero-order chi connectivity index (χ0) is 17.5. The Bertz CT molecular complexity index is 718. The first kappa shape index (κ1) is 18.4. The first-order valence-electron chi connectivity index (χ1n) is 7.44.